The average molecular weight is 636 g/mol. The number of fused-ring (bicyclic) bond motifs is 1. The molecule has 7 nitrogen and oxygen atoms in total. The highest BCUT2D eigenvalue weighted by atomic mass is 35.5. The van der Waals surface area contributed by atoms with Gasteiger partial charge in [-0.05, 0) is 47.7 Å². The zero-order chi connectivity index (χ0) is 31.5. The van der Waals surface area contributed by atoms with E-state index in [1.54, 1.807) is 49.6 Å². The van der Waals surface area contributed by atoms with Crippen LogP contribution in [0.3, 0.4) is 0 Å². The molecule has 0 aliphatic heterocycles. The molecule has 0 amide bonds. The number of ketones is 1. The molecule has 1 atom stereocenters. The lowest BCUT2D eigenvalue weighted by Gasteiger charge is -2.20. The van der Waals surface area contributed by atoms with Crippen LogP contribution in [0.5, 0.6) is 11.5 Å². The van der Waals surface area contributed by atoms with E-state index in [4.69, 9.17) is 32.7 Å². The summed E-state index contributed by atoms with van der Waals surface area (Å²) < 4.78 is 25.0. The largest absolute Gasteiger partial charge is 0.496 e. The van der Waals surface area contributed by atoms with E-state index in [2.05, 4.69) is 9.97 Å². The van der Waals surface area contributed by atoms with Crippen molar-refractivity contribution < 1.29 is 28.6 Å². The van der Waals surface area contributed by atoms with Gasteiger partial charge in [0.2, 0.25) is 0 Å². The van der Waals surface area contributed by atoms with Crippen LogP contribution in [0.15, 0.2) is 66.7 Å². The molecular formula is C34H29Cl2FN2O5. The fourth-order valence-corrected chi connectivity index (χ4v) is 5.92. The number of ether oxygens (including phenoxy) is 2. The fraction of sp³-hybridized carbons (Fsp3) is 0.206. The number of H-pyrrole nitrogens is 1. The van der Waals surface area contributed by atoms with Gasteiger partial charge in [0.25, 0.3) is 0 Å². The maximum Gasteiger partial charge on any atom is 0.336 e. The van der Waals surface area contributed by atoms with Crippen molar-refractivity contribution in [2.24, 2.45) is 0 Å². The van der Waals surface area contributed by atoms with E-state index in [1.807, 2.05) is 13.0 Å². The standard InChI is InChI=1S/C34H29Cl2FN2O5/c1-4-6-18(21-12-10-20(35)15-30(21)43-2)14-29(40)19-9-11-22(24(13-19)34(41)42)32-23(7-5-8-25(32)36)33-38-27-16-26(37)31(44-3)17-28(27)39-33/h5,7-13,15-18H,4,6,14H2,1-3H3,(H,38,39)(H,41,42). The molecule has 1 unspecified atom stereocenters. The maximum atomic E-state index is 14.4. The summed E-state index contributed by atoms with van der Waals surface area (Å²) in [6.45, 7) is 2.04. The number of Topliss-reactive ketones (excluding diaryl/α,β-unsaturated/α-hetero) is 1. The van der Waals surface area contributed by atoms with Gasteiger partial charge in [0.05, 0.1) is 30.8 Å². The number of halogens is 3. The Morgan fingerprint density at radius 2 is 1.75 bits per heavy atom. The predicted octanol–water partition coefficient (Wildman–Crippen LogP) is 9.21. The number of aromatic nitrogens is 2. The lowest BCUT2D eigenvalue weighted by molar-refractivity contribution is 0.0697. The summed E-state index contributed by atoms with van der Waals surface area (Å²) >= 11 is 12.8. The summed E-state index contributed by atoms with van der Waals surface area (Å²) in [4.78, 5) is 33.9. The van der Waals surface area contributed by atoms with Gasteiger partial charge in [-0.25, -0.2) is 14.2 Å². The molecule has 0 aliphatic rings. The van der Waals surface area contributed by atoms with E-state index in [1.165, 1.54) is 25.3 Å². The molecule has 1 aromatic heterocycles. The predicted molar refractivity (Wildman–Crippen MR) is 170 cm³/mol. The van der Waals surface area contributed by atoms with E-state index >= 15 is 0 Å². The molecule has 0 radical (unpaired) electrons. The zero-order valence-electron chi connectivity index (χ0n) is 24.2. The Labute approximate surface area is 263 Å². The second-order valence-electron chi connectivity index (χ2n) is 10.3. The number of carbonyl (C=O) groups excluding carboxylic acids is 1. The smallest absolute Gasteiger partial charge is 0.336 e. The minimum absolute atomic E-state index is 0.0472. The molecule has 44 heavy (non-hydrogen) atoms. The third-order valence-electron chi connectivity index (χ3n) is 7.57. The van der Waals surface area contributed by atoms with Crippen LogP contribution in [0.25, 0.3) is 33.5 Å². The van der Waals surface area contributed by atoms with Crippen LogP contribution in [0, 0.1) is 5.82 Å². The van der Waals surface area contributed by atoms with Crippen LogP contribution in [-0.4, -0.2) is 41.0 Å². The van der Waals surface area contributed by atoms with Crippen molar-refractivity contribution in [1.29, 1.82) is 0 Å². The zero-order valence-corrected chi connectivity index (χ0v) is 25.7. The lowest BCUT2D eigenvalue weighted by atomic mass is 9.86. The van der Waals surface area contributed by atoms with Gasteiger partial charge in [0.1, 0.15) is 11.6 Å². The van der Waals surface area contributed by atoms with Gasteiger partial charge in [-0.2, -0.15) is 0 Å². The number of hydrogen-bond acceptors (Lipinski definition) is 5. The normalized spacial score (nSPS) is 11.9. The van der Waals surface area contributed by atoms with E-state index < -0.39 is 11.8 Å². The Morgan fingerprint density at radius 1 is 0.977 bits per heavy atom. The monoisotopic (exact) mass is 634 g/mol. The van der Waals surface area contributed by atoms with E-state index in [-0.39, 0.29) is 40.0 Å². The Bertz CT molecular complexity index is 1890. The number of aromatic carboxylic acids is 1. The number of rotatable bonds is 11. The quantitative estimate of drug-likeness (QED) is 0.140. The summed E-state index contributed by atoms with van der Waals surface area (Å²) in [6, 6.07) is 17.8. The van der Waals surface area contributed by atoms with Crippen molar-refractivity contribution in [3.63, 3.8) is 0 Å². The van der Waals surface area contributed by atoms with Crippen molar-refractivity contribution in [3.05, 3.63) is 99.3 Å². The van der Waals surface area contributed by atoms with Crippen molar-refractivity contribution >= 4 is 46.0 Å². The van der Waals surface area contributed by atoms with Gasteiger partial charge in [0, 0.05) is 45.3 Å². The third-order valence-corrected chi connectivity index (χ3v) is 8.12. The van der Waals surface area contributed by atoms with E-state index in [9.17, 15) is 19.1 Å². The highest BCUT2D eigenvalue weighted by Crippen LogP contribution is 2.40. The van der Waals surface area contributed by atoms with Gasteiger partial charge >= 0.3 is 5.97 Å². The fourth-order valence-electron chi connectivity index (χ4n) is 5.48. The number of carbonyl (C=O) groups is 2. The summed E-state index contributed by atoms with van der Waals surface area (Å²) in [7, 11) is 2.93. The first-order valence-corrected chi connectivity index (χ1v) is 14.7. The van der Waals surface area contributed by atoms with Gasteiger partial charge < -0.3 is 19.6 Å². The summed E-state index contributed by atoms with van der Waals surface area (Å²) in [5, 5.41) is 11.1. The molecule has 1 heterocycles. The maximum absolute atomic E-state index is 14.4. The molecule has 226 valence electrons. The Balaban J connectivity index is 1.55. The second-order valence-corrected chi connectivity index (χ2v) is 11.2. The average Bonchev–Trinajstić information content (AvgIpc) is 3.42. The highest BCUT2D eigenvalue weighted by molar-refractivity contribution is 6.34. The van der Waals surface area contributed by atoms with Crippen molar-refractivity contribution in [2.45, 2.75) is 32.1 Å². The molecule has 0 saturated carbocycles. The molecular weight excluding hydrogens is 606 g/mol. The molecule has 5 rings (SSSR count). The third kappa shape index (κ3) is 6.14. The Morgan fingerprint density at radius 3 is 2.45 bits per heavy atom. The van der Waals surface area contributed by atoms with Gasteiger partial charge in [-0.15, -0.1) is 0 Å². The van der Waals surface area contributed by atoms with Crippen LogP contribution in [0.1, 0.15) is 58.4 Å². The number of carboxylic acid groups (broad SMARTS) is 1. The first-order valence-electron chi connectivity index (χ1n) is 13.9. The number of carboxylic acids is 1. The SMILES string of the molecule is CCCC(CC(=O)c1ccc(-c2c(Cl)cccc2-c2nc3cc(OC)c(F)cc3[nH]2)c(C(=O)O)c1)c1ccc(Cl)cc1OC. The molecule has 4 aromatic carbocycles. The molecule has 0 spiro atoms. The molecule has 5 aromatic rings. The van der Waals surface area contributed by atoms with Crippen molar-refractivity contribution in [2.75, 3.05) is 14.2 Å². The number of nitrogens with zero attached hydrogens (tertiary/aromatic N) is 1. The molecule has 0 fully saturated rings. The molecule has 0 aliphatic carbocycles. The van der Waals surface area contributed by atoms with Crippen LogP contribution in [-0.2, 0) is 0 Å². The summed E-state index contributed by atoms with van der Waals surface area (Å²) in [5.41, 5.74) is 3.16. The van der Waals surface area contributed by atoms with Crippen LogP contribution >= 0.6 is 23.2 Å². The van der Waals surface area contributed by atoms with Gasteiger partial charge in [-0.3, -0.25) is 4.79 Å². The second kappa shape index (κ2) is 13.1. The lowest BCUT2D eigenvalue weighted by Crippen LogP contribution is -2.11. The van der Waals surface area contributed by atoms with E-state index in [0.29, 0.717) is 44.3 Å². The minimum Gasteiger partial charge on any atom is -0.496 e. The van der Waals surface area contributed by atoms with Crippen molar-refractivity contribution in [1.82, 2.24) is 9.97 Å². The minimum atomic E-state index is -1.22. The van der Waals surface area contributed by atoms with Crippen molar-refractivity contribution in [3.8, 4) is 34.0 Å². The number of methoxy groups -OCH3 is 2. The van der Waals surface area contributed by atoms with Crippen LogP contribution < -0.4 is 9.47 Å². The van der Waals surface area contributed by atoms with Gasteiger partial charge in [0.15, 0.2) is 17.3 Å². The van der Waals surface area contributed by atoms with Gasteiger partial charge in [-0.1, -0.05) is 66.9 Å². The number of imidazole rings is 1. The summed E-state index contributed by atoms with van der Waals surface area (Å²) in [6.07, 6.45) is 1.71. The van der Waals surface area contributed by atoms with Crippen LogP contribution in [0.2, 0.25) is 10.0 Å². The van der Waals surface area contributed by atoms with E-state index in [0.717, 1.165) is 18.4 Å². The summed E-state index contributed by atoms with van der Waals surface area (Å²) in [5.74, 6) is -1.12. The number of hydrogen-bond donors (Lipinski definition) is 2. The molecule has 0 bridgehead atoms. The highest BCUT2D eigenvalue weighted by Gasteiger charge is 2.24. The first kappa shape index (κ1) is 31.0. The Hall–Kier alpha value is -4.40. The Kier molecular flexibility index (Phi) is 9.22. The molecule has 10 heteroatoms. The number of benzene rings is 4. The molecule has 0 saturated heterocycles. The first-order chi connectivity index (χ1) is 21.1. The number of nitrogens with one attached hydrogen (secondary N) is 1. The molecule has 2 N–H and O–H groups in total. The van der Waals surface area contributed by atoms with Crippen LogP contribution in [0.4, 0.5) is 4.39 Å². The number of aromatic amines is 1. The topological polar surface area (TPSA) is 102 Å².